The van der Waals surface area contributed by atoms with Gasteiger partial charge in [0.2, 0.25) is 0 Å². The molecule has 1 aromatic carbocycles. The Labute approximate surface area is 120 Å². The van der Waals surface area contributed by atoms with Crippen molar-refractivity contribution in [2.75, 3.05) is 17.7 Å². The molecule has 2 rings (SSSR count). The maximum Gasteiger partial charge on any atom is 0.275 e. The van der Waals surface area contributed by atoms with Crippen LogP contribution < -0.4 is 10.6 Å². The molecule has 2 aromatic rings. The van der Waals surface area contributed by atoms with Crippen molar-refractivity contribution < 1.29 is 9.72 Å². The van der Waals surface area contributed by atoms with Crippen LogP contribution in [0.3, 0.4) is 0 Å². The molecule has 1 aromatic heterocycles. The van der Waals surface area contributed by atoms with Crippen LogP contribution in [0.5, 0.6) is 0 Å². The van der Waals surface area contributed by atoms with E-state index in [2.05, 4.69) is 20.6 Å². The first kappa shape index (κ1) is 14.4. The van der Waals surface area contributed by atoms with Gasteiger partial charge in [-0.05, 0) is 18.6 Å². The van der Waals surface area contributed by atoms with Crippen molar-refractivity contribution in [2.24, 2.45) is 0 Å². The molecule has 0 unspecified atom stereocenters. The summed E-state index contributed by atoms with van der Waals surface area (Å²) in [5, 5.41) is 16.1. The van der Waals surface area contributed by atoms with Crippen molar-refractivity contribution in [2.45, 2.75) is 6.92 Å². The van der Waals surface area contributed by atoms with E-state index in [1.54, 1.807) is 14.0 Å². The third-order valence-corrected chi connectivity index (χ3v) is 2.79. The lowest BCUT2D eigenvalue weighted by atomic mass is 10.1. The van der Waals surface area contributed by atoms with Crippen LogP contribution in [0, 0.1) is 17.0 Å². The molecule has 21 heavy (non-hydrogen) atoms. The van der Waals surface area contributed by atoms with E-state index < -0.39 is 10.8 Å². The third-order valence-electron chi connectivity index (χ3n) is 2.79. The lowest BCUT2D eigenvalue weighted by molar-refractivity contribution is -0.384. The summed E-state index contributed by atoms with van der Waals surface area (Å²) in [6.45, 7) is 1.68. The van der Waals surface area contributed by atoms with Gasteiger partial charge < -0.3 is 10.6 Å². The Hall–Kier alpha value is -3.03. The standard InChI is InChI=1S/C13H13N5O3/c1-8-5-9(18(20)21)3-4-10(8)17-13(19)11-6-15-7-12(14-2)16-11/h3-7H,1-2H3,(H,14,16)(H,17,19). The summed E-state index contributed by atoms with van der Waals surface area (Å²) in [5.74, 6) is 0.0413. The van der Waals surface area contributed by atoms with E-state index in [0.717, 1.165) is 0 Å². The van der Waals surface area contributed by atoms with Crippen LogP contribution in [0.1, 0.15) is 16.1 Å². The van der Waals surface area contributed by atoms with Crippen LogP contribution in [-0.4, -0.2) is 27.8 Å². The quantitative estimate of drug-likeness (QED) is 0.657. The molecule has 1 heterocycles. The minimum atomic E-state index is -0.486. The number of benzene rings is 1. The van der Waals surface area contributed by atoms with Crippen molar-refractivity contribution in [3.8, 4) is 0 Å². The van der Waals surface area contributed by atoms with E-state index in [1.165, 1.54) is 30.6 Å². The number of nitrogens with one attached hydrogen (secondary N) is 2. The molecule has 8 heteroatoms. The lowest BCUT2D eigenvalue weighted by Crippen LogP contribution is -2.15. The topological polar surface area (TPSA) is 110 Å². The number of nitro benzene ring substituents is 1. The molecule has 108 valence electrons. The van der Waals surface area contributed by atoms with Gasteiger partial charge in [-0.25, -0.2) is 4.98 Å². The minimum Gasteiger partial charge on any atom is -0.372 e. The number of amides is 1. The largest absolute Gasteiger partial charge is 0.372 e. The second-order valence-electron chi connectivity index (χ2n) is 4.25. The number of carbonyl (C=O) groups is 1. The fourth-order valence-corrected chi connectivity index (χ4v) is 1.68. The summed E-state index contributed by atoms with van der Waals surface area (Å²) in [6.07, 6.45) is 2.84. The highest BCUT2D eigenvalue weighted by molar-refractivity contribution is 6.03. The Balaban J connectivity index is 2.21. The average molecular weight is 287 g/mol. The fourth-order valence-electron chi connectivity index (χ4n) is 1.68. The van der Waals surface area contributed by atoms with Crippen LogP contribution in [0.15, 0.2) is 30.6 Å². The summed E-state index contributed by atoms with van der Waals surface area (Å²) < 4.78 is 0. The summed E-state index contributed by atoms with van der Waals surface area (Å²) in [4.78, 5) is 30.2. The number of nitrogens with zero attached hydrogens (tertiary/aromatic N) is 3. The molecule has 0 aliphatic carbocycles. The summed E-state index contributed by atoms with van der Waals surface area (Å²) in [7, 11) is 1.67. The van der Waals surface area contributed by atoms with Gasteiger partial charge in [-0.1, -0.05) is 0 Å². The van der Waals surface area contributed by atoms with Crippen LogP contribution in [0.2, 0.25) is 0 Å². The van der Waals surface area contributed by atoms with Gasteiger partial charge in [0.25, 0.3) is 11.6 Å². The Morgan fingerprint density at radius 1 is 1.33 bits per heavy atom. The van der Waals surface area contributed by atoms with Gasteiger partial charge >= 0.3 is 0 Å². The van der Waals surface area contributed by atoms with Gasteiger partial charge in [0.1, 0.15) is 11.5 Å². The highest BCUT2D eigenvalue weighted by Crippen LogP contribution is 2.21. The predicted molar refractivity (Wildman–Crippen MR) is 77.4 cm³/mol. The summed E-state index contributed by atoms with van der Waals surface area (Å²) in [6, 6.07) is 4.21. The molecule has 0 aliphatic rings. The van der Waals surface area contributed by atoms with Gasteiger partial charge in [0, 0.05) is 24.9 Å². The number of nitro groups is 1. The first-order valence-electron chi connectivity index (χ1n) is 6.07. The van der Waals surface area contributed by atoms with Crippen molar-refractivity contribution in [3.05, 3.63) is 52.0 Å². The average Bonchev–Trinajstić information content (AvgIpc) is 2.49. The van der Waals surface area contributed by atoms with Crippen LogP contribution >= 0.6 is 0 Å². The van der Waals surface area contributed by atoms with Crippen LogP contribution in [-0.2, 0) is 0 Å². The monoisotopic (exact) mass is 287 g/mol. The Morgan fingerprint density at radius 3 is 2.71 bits per heavy atom. The van der Waals surface area contributed by atoms with Crippen molar-refractivity contribution in [3.63, 3.8) is 0 Å². The number of non-ortho nitro benzene ring substituents is 1. The number of aryl methyl sites for hydroxylation is 1. The van der Waals surface area contributed by atoms with Crippen LogP contribution in [0.4, 0.5) is 17.2 Å². The molecule has 0 saturated heterocycles. The second-order valence-corrected chi connectivity index (χ2v) is 4.25. The molecule has 0 bridgehead atoms. The Morgan fingerprint density at radius 2 is 2.10 bits per heavy atom. The smallest absolute Gasteiger partial charge is 0.275 e. The predicted octanol–water partition coefficient (Wildman–Crippen LogP) is 1.99. The molecule has 0 radical (unpaired) electrons. The van der Waals surface area contributed by atoms with Gasteiger partial charge in [-0.15, -0.1) is 0 Å². The molecular formula is C13H13N5O3. The maximum atomic E-state index is 12.1. The SMILES string of the molecule is CNc1cncc(C(=O)Nc2ccc([N+](=O)[O-])cc2C)n1. The zero-order chi connectivity index (χ0) is 15.4. The normalized spacial score (nSPS) is 10.0. The fraction of sp³-hybridized carbons (Fsp3) is 0.154. The molecule has 0 atom stereocenters. The number of rotatable bonds is 4. The maximum absolute atomic E-state index is 12.1. The molecule has 2 N–H and O–H groups in total. The van der Waals surface area contributed by atoms with Gasteiger partial charge in [-0.3, -0.25) is 19.9 Å². The second kappa shape index (κ2) is 5.95. The molecule has 0 aliphatic heterocycles. The van der Waals surface area contributed by atoms with Crippen molar-refractivity contribution >= 4 is 23.1 Å². The first-order valence-corrected chi connectivity index (χ1v) is 6.07. The highest BCUT2D eigenvalue weighted by Gasteiger charge is 2.13. The van der Waals surface area contributed by atoms with E-state index in [-0.39, 0.29) is 11.4 Å². The van der Waals surface area contributed by atoms with E-state index in [1.807, 2.05) is 0 Å². The molecule has 0 fully saturated rings. The van der Waals surface area contributed by atoms with Gasteiger partial charge in [0.15, 0.2) is 0 Å². The van der Waals surface area contributed by atoms with Gasteiger partial charge in [-0.2, -0.15) is 0 Å². The third kappa shape index (κ3) is 3.30. The number of aromatic nitrogens is 2. The zero-order valence-corrected chi connectivity index (χ0v) is 11.5. The molecule has 1 amide bonds. The molecule has 8 nitrogen and oxygen atoms in total. The summed E-state index contributed by atoms with van der Waals surface area (Å²) in [5.41, 5.74) is 1.21. The zero-order valence-electron chi connectivity index (χ0n) is 11.5. The van der Waals surface area contributed by atoms with Crippen molar-refractivity contribution in [1.82, 2.24) is 9.97 Å². The number of hydrogen-bond donors (Lipinski definition) is 2. The van der Waals surface area contributed by atoms with Gasteiger partial charge in [0.05, 0.1) is 17.3 Å². The minimum absolute atomic E-state index is 0.0255. The van der Waals surface area contributed by atoms with Crippen LogP contribution in [0.25, 0.3) is 0 Å². The van der Waals surface area contributed by atoms with E-state index in [4.69, 9.17) is 0 Å². The number of hydrogen-bond acceptors (Lipinski definition) is 6. The summed E-state index contributed by atoms with van der Waals surface area (Å²) >= 11 is 0. The van der Waals surface area contributed by atoms with E-state index >= 15 is 0 Å². The molecule has 0 spiro atoms. The Kier molecular flexibility index (Phi) is 4.07. The molecule has 0 saturated carbocycles. The first-order chi connectivity index (χ1) is 10.0. The molecular weight excluding hydrogens is 274 g/mol. The Bertz CT molecular complexity index is 702. The number of anilines is 2. The highest BCUT2D eigenvalue weighted by atomic mass is 16.6. The lowest BCUT2D eigenvalue weighted by Gasteiger charge is -2.08. The van der Waals surface area contributed by atoms with E-state index in [9.17, 15) is 14.9 Å². The van der Waals surface area contributed by atoms with Crippen molar-refractivity contribution in [1.29, 1.82) is 0 Å². The van der Waals surface area contributed by atoms with E-state index in [0.29, 0.717) is 17.1 Å². The number of carbonyl (C=O) groups excluding carboxylic acids is 1.